The molecule has 0 unspecified atom stereocenters. The van der Waals surface area contributed by atoms with Gasteiger partial charge in [-0.15, -0.1) is 0 Å². The second-order valence-corrected chi connectivity index (χ2v) is 10.7. The second-order valence-electron chi connectivity index (χ2n) is 10.7. The van der Waals surface area contributed by atoms with Crippen molar-refractivity contribution in [3.8, 4) is 23.1 Å². The summed E-state index contributed by atoms with van der Waals surface area (Å²) in [5, 5.41) is 14.5. The molecule has 0 aliphatic heterocycles. The summed E-state index contributed by atoms with van der Waals surface area (Å²) in [4.78, 5) is 11.8. The third-order valence-electron chi connectivity index (χ3n) is 7.90. The minimum atomic E-state index is 0. The number of H-pyrrole nitrogens is 1. The van der Waals surface area contributed by atoms with Gasteiger partial charge < -0.3 is 22.3 Å². The number of hydrogen-bond acceptors (Lipinski definition) is 4. The Labute approximate surface area is 283 Å². The molecule has 0 bridgehead atoms. The Kier molecular flexibility index (Phi) is 9.60. The van der Waals surface area contributed by atoms with Crippen LogP contribution in [0.25, 0.3) is 55.2 Å². The Balaban J connectivity index is 0.000000140. The van der Waals surface area contributed by atoms with Gasteiger partial charge in [0.2, 0.25) is 0 Å². The number of hydrogen-bond donors (Lipinski definition) is 1. The fraction of sp³-hybridized carbons (Fsp3) is 0.0250. The van der Waals surface area contributed by atoms with E-state index in [9.17, 15) is 5.11 Å². The zero-order valence-corrected chi connectivity index (χ0v) is 26.9. The summed E-state index contributed by atoms with van der Waals surface area (Å²) >= 11 is 0. The highest BCUT2D eigenvalue weighted by atomic mass is 35.5. The van der Waals surface area contributed by atoms with Gasteiger partial charge in [-0.25, -0.2) is 15.0 Å². The minimum absolute atomic E-state index is 0. The molecule has 0 atom stereocenters. The summed E-state index contributed by atoms with van der Waals surface area (Å²) < 4.78 is 9.62. The van der Waals surface area contributed by atoms with Crippen molar-refractivity contribution < 1.29 is 27.2 Å². The van der Waals surface area contributed by atoms with Crippen LogP contribution >= 0.6 is 0 Å². The number of nitrogens with one attached hydrogen (secondary N) is 1. The smallest absolute Gasteiger partial charge is 0.166 e. The molecule has 9 aromatic rings. The molecule has 0 aliphatic rings. The zero-order chi connectivity index (χ0) is 32.0. The summed E-state index contributed by atoms with van der Waals surface area (Å²) in [6.07, 6.45) is 7.34. The number of aromatic hydroxyl groups is 1. The molecule has 5 heterocycles. The standard InChI is InChI=1S/C18H14N2O.C17H12N2O.C5H5N.ClH/c1-21-13-9-10-15-14-6-2-3-7-16(14)20(17(15)12-13)18-8-4-5-11-19-18;20-12-8-9-14-13-5-1-2-6-15(13)19(16(14)11-12)17-7-3-4-10-18-17;1-2-4-6-5-3-1;/h2-12H,1H3;1-11,20H;1-5H;1H. The molecule has 9 rings (SSSR count). The predicted molar refractivity (Wildman–Crippen MR) is 188 cm³/mol. The monoisotopic (exact) mass is 649 g/mol. The van der Waals surface area contributed by atoms with Crippen molar-refractivity contribution in [3.63, 3.8) is 0 Å². The van der Waals surface area contributed by atoms with E-state index in [1.807, 2.05) is 97.5 Å². The van der Waals surface area contributed by atoms with Gasteiger partial charge in [0.05, 0.1) is 29.2 Å². The molecule has 236 valence electrons. The van der Waals surface area contributed by atoms with E-state index < -0.39 is 0 Å². The summed E-state index contributed by atoms with van der Waals surface area (Å²) in [5.74, 6) is 2.88. The Morgan fingerprint density at radius 2 is 1.02 bits per heavy atom. The van der Waals surface area contributed by atoms with E-state index >= 15 is 0 Å². The van der Waals surface area contributed by atoms with E-state index in [4.69, 9.17) is 4.74 Å². The van der Waals surface area contributed by atoms with E-state index in [-0.39, 0.29) is 18.2 Å². The number of fused-ring (bicyclic) bond motifs is 6. The molecular weight excluding hydrogens is 618 g/mol. The van der Waals surface area contributed by atoms with Crippen LogP contribution in [0.4, 0.5) is 0 Å². The van der Waals surface area contributed by atoms with Gasteiger partial charge in [0.1, 0.15) is 23.1 Å². The van der Waals surface area contributed by atoms with Gasteiger partial charge in [-0.3, -0.25) is 9.13 Å². The number of aromatic amines is 1. The van der Waals surface area contributed by atoms with E-state index in [2.05, 4.69) is 72.6 Å². The summed E-state index contributed by atoms with van der Waals surface area (Å²) in [5.41, 5.74) is 4.31. The number of para-hydroxylation sites is 2. The SMILES string of the molecule is COc1ccc2c3ccccc3n(-c3ccccn3)c2c1.Oc1ccc2c3ccccc3n(-c3ccccn3)c2c1.[Cl-].c1cc[nH+]cc1. The molecule has 5 aromatic heterocycles. The van der Waals surface area contributed by atoms with E-state index in [0.717, 1.165) is 50.2 Å². The molecule has 0 saturated heterocycles. The first-order valence-electron chi connectivity index (χ1n) is 15.3. The molecule has 2 N–H and O–H groups in total. The van der Waals surface area contributed by atoms with Crippen LogP contribution in [-0.4, -0.2) is 31.3 Å². The van der Waals surface area contributed by atoms with Crippen LogP contribution in [0, 0.1) is 0 Å². The number of phenolic OH excluding ortho intramolecular Hbond substituents is 1. The maximum atomic E-state index is 9.79. The number of pyridine rings is 3. The molecule has 7 nitrogen and oxygen atoms in total. The van der Waals surface area contributed by atoms with Gasteiger partial charge in [-0.2, -0.15) is 0 Å². The van der Waals surface area contributed by atoms with Crippen molar-refractivity contribution in [2.45, 2.75) is 0 Å². The van der Waals surface area contributed by atoms with Crippen molar-refractivity contribution in [1.29, 1.82) is 0 Å². The molecule has 0 radical (unpaired) electrons. The minimum Gasteiger partial charge on any atom is -1.00 e. The van der Waals surface area contributed by atoms with E-state index in [1.165, 1.54) is 10.8 Å². The van der Waals surface area contributed by atoms with Crippen molar-refractivity contribution >= 4 is 43.6 Å². The summed E-state index contributed by atoms with van der Waals surface area (Å²) in [6, 6.07) is 45.8. The first-order chi connectivity index (χ1) is 23.2. The molecular formula is C40H32ClN5O2. The fourth-order valence-corrected chi connectivity index (χ4v) is 5.84. The first-order valence-corrected chi connectivity index (χ1v) is 15.3. The molecule has 0 saturated carbocycles. The van der Waals surface area contributed by atoms with Gasteiger partial charge in [-0.1, -0.05) is 54.6 Å². The normalized spacial score (nSPS) is 10.5. The second kappa shape index (κ2) is 14.5. The number of halogens is 1. The summed E-state index contributed by atoms with van der Waals surface area (Å²) in [7, 11) is 1.69. The van der Waals surface area contributed by atoms with Crippen molar-refractivity contribution in [2.24, 2.45) is 0 Å². The van der Waals surface area contributed by atoms with Crippen LogP contribution in [0.15, 0.2) is 164 Å². The van der Waals surface area contributed by atoms with Crippen molar-refractivity contribution in [2.75, 3.05) is 7.11 Å². The molecule has 8 heteroatoms. The van der Waals surface area contributed by atoms with Gasteiger partial charge >= 0.3 is 0 Å². The van der Waals surface area contributed by atoms with Gasteiger partial charge in [0.25, 0.3) is 0 Å². The van der Waals surface area contributed by atoms with Crippen LogP contribution < -0.4 is 22.1 Å². The lowest BCUT2D eigenvalue weighted by Crippen LogP contribution is -3.00. The Hall–Kier alpha value is -6.18. The molecule has 4 aromatic carbocycles. The van der Waals surface area contributed by atoms with E-state index in [0.29, 0.717) is 0 Å². The lowest BCUT2D eigenvalue weighted by molar-refractivity contribution is -0.377. The zero-order valence-electron chi connectivity index (χ0n) is 26.1. The number of aromatic nitrogens is 5. The van der Waals surface area contributed by atoms with Crippen molar-refractivity contribution in [1.82, 2.24) is 19.1 Å². The van der Waals surface area contributed by atoms with Gasteiger partial charge in [0, 0.05) is 58.2 Å². The van der Waals surface area contributed by atoms with E-state index in [1.54, 1.807) is 25.4 Å². The Morgan fingerprint density at radius 1 is 0.521 bits per heavy atom. The van der Waals surface area contributed by atoms with Crippen molar-refractivity contribution in [3.05, 3.63) is 164 Å². The number of ether oxygens (including phenoxy) is 1. The lowest BCUT2D eigenvalue weighted by Gasteiger charge is -2.07. The number of rotatable bonds is 3. The highest BCUT2D eigenvalue weighted by molar-refractivity contribution is 6.10. The molecule has 0 spiro atoms. The highest BCUT2D eigenvalue weighted by Crippen LogP contribution is 2.34. The van der Waals surface area contributed by atoms with Gasteiger partial charge in [0.15, 0.2) is 12.4 Å². The predicted octanol–water partition coefficient (Wildman–Crippen LogP) is 5.58. The maximum Gasteiger partial charge on any atom is 0.166 e. The fourth-order valence-electron chi connectivity index (χ4n) is 5.84. The maximum absolute atomic E-state index is 9.79. The third-order valence-corrected chi connectivity index (χ3v) is 7.90. The molecule has 48 heavy (non-hydrogen) atoms. The Morgan fingerprint density at radius 3 is 1.50 bits per heavy atom. The summed E-state index contributed by atoms with van der Waals surface area (Å²) in [6.45, 7) is 0. The number of methoxy groups -OCH3 is 1. The number of nitrogens with zero attached hydrogens (tertiary/aromatic N) is 4. The Bertz CT molecular complexity index is 2380. The van der Waals surface area contributed by atoms with Crippen LogP contribution in [0.1, 0.15) is 0 Å². The van der Waals surface area contributed by atoms with Crippen LogP contribution in [0.3, 0.4) is 0 Å². The molecule has 0 fully saturated rings. The molecule has 0 aliphatic carbocycles. The quantitative estimate of drug-likeness (QED) is 0.271. The third kappa shape index (κ3) is 6.27. The molecule has 0 amide bonds. The number of benzene rings is 4. The van der Waals surface area contributed by atoms with Crippen LogP contribution in [0.2, 0.25) is 0 Å². The lowest BCUT2D eigenvalue weighted by atomic mass is 10.1. The topological polar surface area (TPSA) is 79.2 Å². The van der Waals surface area contributed by atoms with Crippen LogP contribution in [-0.2, 0) is 0 Å². The largest absolute Gasteiger partial charge is 1.00 e. The van der Waals surface area contributed by atoms with Gasteiger partial charge in [-0.05, 0) is 60.7 Å². The highest BCUT2D eigenvalue weighted by Gasteiger charge is 2.14. The average Bonchev–Trinajstić information content (AvgIpc) is 3.65. The first kappa shape index (κ1) is 31.8. The number of phenols is 1. The average molecular weight is 650 g/mol. The van der Waals surface area contributed by atoms with Crippen LogP contribution in [0.5, 0.6) is 11.5 Å².